The topological polar surface area (TPSA) is 54.3 Å². The van der Waals surface area contributed by atoms with Crippen molar-refractivity contribution in [1.82, 2.24) is 10.6 Å². The maximum Gasteiger partial charge on any atom is 0.250 e. The van der Waals surface area contributed by atoms with Crippen LogP contribution in [0.4, 0.5) is 0 Å². The highest BCUT2D eigenvalue weighted by atomic mass is 35.5. The summed E-state index contributed by atoms with van der Waals surface area (Å²) >= 11 is 17.8. The van der Waals surface area contributed by atoms with E-state index < -0.39 is 0 Å². The lowest BCUT2D eigenvalue weighted by atomic mass is 9.53. The summed E-state index contributed by atoms with van der Waals surface area (Å²) in [6, 6.07) is 8.95. The summed E-state index contributed by atoms with van der Waals surface area (Å²) in [5.74, 6) is 3.31. The molecule has 0 unspecified atom stereocenters. The van der Waals surface area contributed by atoms with E-state index in [2.05, 4.69) is 10.6 Å². The third-order valence-electron chi connectivity index (χ3n) is 6.90. The van der Waals surface area contributed by atoms with Gasteiger partial charge in [0.15, 0.2) is 5.11 Å². The first-order chi connectivity index (χ1) is 14.9. The maximum absolute atomic E-state index is 12.4. The van der Waals surface area contributed by atoms with Gasteiger partial charge in [0.1, 0.15) is 11.5 Å². The van der Waals surface area contributed by atoms with Gasteiger partial charge in [-0.2, -0.15) is 0 Å². The zero-order valence-electron chi connectivity index (χ0n) is 17.0. The highest BCUT2D eigenvalue weighted by molar-refractivity contribution is 7.80. The molecule has 31 heavy (non-hydrogen) atoms. The SMILES string of the molecule is O=C(C=Cc1ccc(-c2cccc(Cl)c2Cl)o1)NC(=S)NC12CC3CC(CC(C3)C1)C2. The molecule has 4 nitrogen and oxygen atoms in total. The Hall–Kier alpha value is -1.82. The molecule has 4 fully saturated rings. The van der Waals surface area contributed by atoms with Gasteiger partial charge in [-0.25, -0.2) is 0 Å². The molecule has 6 rings (SSSR count). The van der Waals surface area contributed by atoms with Crippen molar-refractivity contribution in [1.29, 1.82) is 0 Å². The number of thiocarbonyl (C=S) groups is 1. The van der Waals surface area contributed by atoms with Crippen molar-refractivity contribution in [2.45, 2.75) is 44.1 Å². The zero-order chi connectivity index (χ0) is 21.6. The second kappa shape index (κ2) is 8.27. The monoisotopic (exact) mass is 474 g/mol. The third kappa shape index (κ3) is 4.41. The molecule has 0 aliphatic heterocycles. The van der Waals surface area contributed by atoms with Gasteiger partial charge in [-0.3, -0.25) is 10.1 Å². The van der Waals surface area contributed by atoms with E-state index in [1.54, 1.807) is 24.3 Å². The molecule has 4 aliphatic carbocycles. The Morgan fingerprint density at radius 1 is 1.06 bits per heavy atom. The summed E-state index contributed by atoms with van der Waals surface area (Å²) < 4.78 is 5.79. The van der Waals surface area contributed by atoms with Crippen LogP contribution in [0.15, 0.2) is 40.8 Å². The molecule has 0 atom stereocenters. The van der Waals surface area contributed by atoms with Crippen molar-refractivity contribution in [3.63, 3.8) is 0 Å². The van der Waals surface area contributed by atoms with Crippen LogP contribution in [-0.2, 0) is 4.79 Å². The van der Waals surface area contributed by atoms with Crippen LogP contribution in [0.1, 0.15) is 44.3 Å². The van der Waals surface area contributed by atoms with E-state index in [0.717, 1.165) is 17.8 Å². The average Bonchev–Trinajstić information content (AvgIpc) is 3.15. The van der Waals surface area contributed by atoms with Crippen LogP contribution in [-0.4, -0.2) is 16.6 Å². The predicted octanol–water partition coefficient (Wildman–Crippen LogP) is 6.23. The van der Waals surface area contributed by atoms with E-state index in [1.165, 1.54) is 44.6 Å². The number of nitrogens with one attached hydrogen (secondary N) is 2. The second-order valence-corrected chi connectivity index (χ2v) is 10.5. The van der Waals surface area contributed by atoms with Gasteiger partial charge >= 0.3 is 0 Å². The number of halogens is 2. The molecule has 1 amide bonds. The molecule has 4 bridgehead atoms. The molecule has 4 aliphatic rings. The second-order valence-electron chi connectivity index (χ2n) is 9.28. The summed E-state index contributed by atoms with van der Waals surface area (Å²) in [5, 5.41) is 7.62. The van der Waals surface area contributed by atoms with Gasteiger partial charge in [-0.1, -0.05) is 29.3 Å². The van der Waals surface area contributed by atoms with Crippen LogP contribution in [0.3, 0.4) is 0 Å². The Labute approximate surface area is 197 Å². The smallest absolute Gasteiger partial charge is 0.250 e. The largest absolute Gasteiger partial charge is 0.457 e. The van der Waals surface area contributed by atoms with Gasteiger partial charge in [0.2, 0.25) is 5.91 Å². The number of rotatable bonds is 4. The first kappa shape index (κ1) is 21.0. The first-order valence-electron chi connectivity index (χ1n) is 10.7. The minimum Gasteiger partial charge on any atom is -0.457 e. The number of carbonyl (C=O) groups excluding carboxylic acids is 1. The fourth-order valence-corrected chi connectivity index (χ4v) is 6.84. The number of hydrogen-bond donors (Lipinski definition) is 2. The highest BCUT2D eigenvalue weighted by Crippen LogP contribution is 2.55. The lowest BCUT2D eigenvalue weighted by molar-refractivity contribution is -0.115. The zero-order valence-corrected chi connectivity index (χ0v) is 19.3. The quantitative estimate of drug-likeness (QED) is 0.407. The Balaban J connectivity index is 1.19. The summed E-state index contributed by atoms with van der Waals surface area (Å²) in [6.45, 7) is 0. The highest BCUT2D eigenvalue weighted by Gasteiger charge is 2.51. The lowest BCUT2D eigenvalue weighted by Gasteiger charge is -2.57. The summed E-state index contributed by atoms with van der Waals surface area (Å²) in [4.78, 5) is 12.4. The Kier molecular flexibility index (Phi) is 5.61. The van der Waals surface area contributed by atoms with Crippen LogP contribution in [0, 0.1) is 17.8 Å². The number of hydrogen-bond acceptors (Lipinski definition) is 3. The first-order valence-corrected chi connectivity index (χ1v) is 11.9. The Bertz CT molecular complexity index is 1030. The molecule has 0 spiro atoms. The number of carbonyl (C=O) groups is 1. The molecule has 7 heteroatoms. The van der Waals surface area contributed by atoms with Gasteiger partial charge < -0.3 is 9.73 Å². The number of furan rings is 1. The average molecular weight is 475 g/mol. The van der Waals surface area contributed by atoms with Crippen LogP contribution in [0.25, 0.3) is 17.4 Å². The molecule has 162 valence electrons. The van der Waals surface area contributed by atoms with Gasteiger partial charge in [0.05, 0.1) is 10.0 Å². The maximum atomic E-state index is 12.4. The van der Waals surface area contributed by atoms with Gasteiger partial charge in [-0.15, -0.1) is 0 Å². The van der Waals surface area contributed by atoms with Crippen molar-refractivity contribution in [3.05, 3.63) is 52.2 Å². The van der Waals surface area contributed by atoms with Gasteiger partial charge in [0, 0.05) is 17.2 Å². The molecule has 1 aromatic carbocycles. The number of amides is 1. The van der Waals surface area contributed by atoms with Crippen LogP contribution in [0.2, 0.25) is 10.0 Å². The number of benzene rings is 1. The normalized spacial score (nSPS) is 28.8. The third-order valence-corrected chi connectivity index (χ3v) is 7.92. The van der Waals surface area contributed by atoms with E-state index in [-0.39, 0.29) is 11.4 Å². The van der Waals surface area contributed by atoms with Crippen molar-refractivity contribution in [2.24, 2.45) is 17.8 Å². The van der Waals surface area contributed by atoms with Crippen LogP contribution < -0.4 is 10.6 Å². The van der Waals surface area contributed by atoms with Crippen molar-refractivity contribution in [3.8, 4) is 11.3 Å². The van der Waals surface area contributed by atoms with Crippen LogP contribution >= 0.6 is 35.4 Å². The van der Waals surface area contributed by atoms with Crippen molar-refractivity contribution in [2.75, 3.05) is 0 Å². The molecule has 2 N–H and O–H groups in total. The van der Waals surface area contributed by atoms with E-state index >= 15 is 0 Å². The summed E-state index contributed by atoms with van der Waals surface area (Å²) in [6.07, 6.45) is 10.7. The molecular formula is C24H24Cl2N2O2S. The van der Waals surface area contributed by atoms with E-state index in [9.17, 15) is 4.79 Å². The molecule has 0 saturated heterocycles. The van der Waals surface area contributed by atoms with Crippen molar-refractivity contribution < 1.29 is 9.21 Å². The molecule has 4 saturated carbocycles. The molecular weight excluding hydrogens is 451 g/mol. The predicted molar refractivity (Wildman–Crippen MR) is 128 cm³/mol. The Morgan fingerprint density at radius 3 is 2.42 bits per heavy atom. The summed E-state index contributed by atoms with van der Waals surface area (Å²) in [5.41, 5.74) is 0.786. The van der Waals surface area contributed by atoms with Crippen LogP contribution in [0.5, 0.6) is 0 Å². The fraction of sp³-hybridized carbons (Fsp3) is 0.417. The van der Waals surface area contributed by atoms with E-state index in [4.69, 9.17) is 39.8 Å². The van der Waals surface area contributed by atoms with Gasteiger partial charge in [-0.05, 0) is 98.8 Å². The molecule has 1 heterocycles. The summed E-state index contributed by atoms with van der Waals surface area (Å²) in [7, 11) is 0. The minimum atomic E-state index is -0.277. The standard InChI is InChI=1S/C24H24Cl2N2O2S/c25-19-3-1-2-18(22(19)26)20-6-4-17(30-20)5-7-21(29)27-23(31)28-24-11-14-8-15(12-24)10-16(9-14)13-24/h1-7,14-16H,8-13H2,(H2,27,28,29,31). The fourth-order valence-electron chi connectivity index (χ4n) is 6.13. The molecule has 2 aromatic rings. The lowest BCUT2D eigenvalue weighted by Crippen LogP contribution is -2.61. The van der Waals surface area contributed by atoms with E-state index in [0.29, 0.717) is 32.2 Å². The van der Waals surface area contributed by atoms with Crippen molar-refractivity contribution >= 4 is 52.5 Å². The van der Waals surface area contributed by atoms with E-state index in [1.807, 2.05) is 12.1 Å². The minimum absolute atomic E-state index is 0.0783. The Morgan fingerprint density at radius 2 is 1.74 bits per heavy atom. The molecule has 1 aromatic heterocycles. The molecule has 0 radical (unpaired) electrons. The van der Waals surface area contributed by atoms with Gasteiger partial charge in [0.25, 0.3) is 0 Å².